The standard InChI is InChI=1S/C13H14N2O2S2/c16-12(17)7-9-8-18-6-5-15(9)13-10-3-1-2-4-11(10)14-19-13/h1-4,9H,5-8H2,(H,16,17). The first-order valence-electron chi connectivity index (χ1n) is 6.16. The van der Waals surface area contributed by atoms with Crippen molar-refractivity contribution in [3.8, 4) is 0 Å². The van der Waals surface area contributed by atoms with Gasteiger partial charge in [0.1, 0.15) is 5.00 Å². The minimum atomic E-state index is -0.730. The van der Waals surface area contributed by atoms with Gasteiger partial charge in [-0.3, -0.25) is 4.79 Å². The van der Waals surface area contributed by atoms with Crippen LogP contribution in [0.3, 0.4) is 0 Å². The smallest absolute Gasteiger partial charge is 0.305 e. The van der Waals surface area contributed by atoms with Crippen LogP contribution in [0.25, 0.3) is 10.9 Å². The largest absolute Gasteiger partial charge is 0.481 e. The van der Waals surface area contributed by atoms with Crippen LogP contribution in [0.2, 0.25) is 0 Å². The van der Waals surface area contributed by atoms with Gasteiger partial charge in [0.2, 0.25) is 0 Å². The van der Waals surface area contributed by atoms with E-state index < -0.39 is 5.97 Å². The van der Waals surface area contributed by atoms with Gasteiger partial charge in [0.15, 0.2) is 0 Å². The number of carbonyl (C=O) groups is 1. The highest BCUT2D eigenvalue weighted by atomic mass is 32.2. The maximum Gasteiger partial charge on any atom is 0.305 e. The molecule has 0 aliphatic carbocycles. The Hall–Kier alpha value is -1.27. The minimum absolute atomic E-state index is 0.0695. The van der Waals surface area contributed by atoms with E-state index in [4.69, 9.17) is 5.11 Å². The summed E-state index contributed by atoms with van der Waals surface area (Å²) < 4.78 is 4.45. The molecule has 1 fully saturated rings. The number of anilines is 1. The Balaban J connectivity index is 1.95. The lowest BCUT2D eigenvalue weighted by Crippen LogP contribution is -2.43. The zero-order valence-electron chi connectivity index (χ0n) is 10.3. The molecule has 0 amide bonds. The molecule has 2 aromatic rings. The number of rotatable bonds is 3. The van der Waals surface area contributed by atoms with Crippen LogP contribution >= 0.6 is 23.3 Å². The van der Waals surface area contributed by atoms with Crippen molar-refractivity contribution in [2.75, 3.05) is 23.0 Å². The van der Waals surface area contributed by atoms with Crippen LogP contribution in [0.1, 0.15) is 6.42 Å². The third-order valence-corrected chi connectivity index (χ3v) is 5.27. The topological polar surface area (TPSA) is 53.4 Å². The van der Waals surface area contributed by atoms with Gasteiger partial charge in [-0.05, 0) is 23.7 Å². The molecule has 1 aliphatic heterocycles. The fraction of sp³-hybridized carbons (Fsp3) is 0.385. The van der Waals surface area contributed by atoms with Crippen LogP contribution in [0.15, 0.2) is 24.3 Å². The van der Waals surface area contributed by atoms with Crippen molar-refractivity contribution in [1.82, 2.24) is 4.37 Å². The van der Waals surface area contributed by atoms with Gasteiger partial charge >= 0.3 is 5.97 Å². The summed E-state index contributed by atoms with van der Waals surface area (Å²) >= 11 is 3.30. The molecule has 19 heavy (non-hydrogen) atoms. The fourth-order valence-electron chi connectivity index (χ4n) is 2.38. The number of benzene rings is 1. The van der Waals surface area contributed by atoms with Crippen molar-refractivity contribution < 1.29 is 9.90 Å². The summed E-state index contributed by atoms with van der Waals surface area (Å²) in [6.07, 6.45) is 0.194. The molecule has 6 heteroatoms. The van der Waals surface area contributed by atoms with E-state index in [1.54, 1.807) is 0 Å². The molecule has 0 radical (unpaired) electrons. The minimum Gasteiger partial charge on any atom is -0.481 e. The van der Waals surface area contributed by atoms with Crippen LogP contribution < -0.4 is 4.90 Å². The highest BCUT2D eigenvalue weighted by molar-refractivity contribution is 7.99. The molecule has 1 atom stereocenters. The van der Waals surface area contributed by atoms with Gasteiger partial charge in [0.05, 0.1) is 11.9 Å². The first-order chi connectivity index (χ1) is 9.25. The summed E-state index contributed by atoms with van der Waals surface area (Å²) in [6.45, 7) is 0.898. The van der Waals surface area contributed by atoms with Gasteiger partial charge < -0.3 is 10.0 Å². The second-order valence-electron chi connectivity index (χ2n) is 4.52. The summed E-state index contributed by atoms with van der Waals surface area (Å²) in [5, 5.41) is 11.3. The van der Waals surface area contributed by atoms with Crippen molar-refractivity contribution in [2.45, 2.75) is 12.5 Å². The molecule has 2 heterocycles. The molecule has 100 valence electrons. The SMILES string of the molecule is O=C(O)CC1CSCCN1c1snc2ccccc12. The number of carboxylic acid groups (broad SMARTS) is 1. The van der Waals surface area contributed by atoms with Crippen LogP contribution in [0.5, 0.6) is 0 Å². The average Bonchev–Trinajstić information content (AvgIpc) is 2.82. The van der Waals surface area contributed by atoms with Gasteiger partial charge in [-0.15, -0.1) is 0 Å². The monoisotopic (exact) mass is 294 g/mol. The van der Waals surface area contributed by atoms with Crippen molar-refractivity contribution >= 4 is 45.2 Å². The predicted molar refractivity (Wildman–Crippen MR) is 80.3 cm³/mol. The number of hydrogen-bond donors (Lipinski definition) is 1. The Morgan fingerprint density at radius 3 is 3.16 bits per heavy atom. The van der Waals surface area contributed by atoms with E-state index in [-0.39, 0.29) is 12.5 Å². The second-order valence-corrected chi connectivity index (χ2v) is 6.43. The van der Waals surface area contributed by atoms with Crippen LogP contribution in [0, 0.1) is 0 Å². The van der Waals surface area contributed by atoms with Gasteiger partial charge in [0.25, 0.3) is 0 Å². The molecule has 0 bridgehead atoms. The Morgan fingerprint density at radius 1 is 1.47 bits per heavy atom. The van der Waals surface area contributed by atoms with E-state index in [0.29, 0.717) is 0 Å². The quantitative estimate of drug-likeness (QED) is 0.943. The maximum absolute atomic E-state index is 11.0. The summed E-state index contributed by atoms with van der Waals surface area (Å²) in [5.74, 6) is 1.19. The van der Waals surface area contributed by atoms with Gasteiger partial charge in [0, 0.05) is 29.5 Å². The Bertz CT molecular complexity index is 599. The molecule has 3 rings (SSSR count). The number of thioether (sulfide) groups is 1. The zero-order chi connectivity index (χ0) is 13.2. The van der Waals surface area contributed by atoms with E-state index in [2.05, 4.69) is 15.3 Å². The van der Waals surface area contributed by atoms with Crippen molar-refractivity contribution in [3.05, 3.63) is 24.3 Å². The van der Waals surface area contributed by atoms with Gasteiger partial charge in [-0.2, -0.15) is 16.1 Å². The number of aromatic nitrogens is 1. The number of fused-ring (bicyclic) bond motifs is 1. The van der Waals surface area contributed by atoms with Crippen LogP contribution in [0.4, 0.5) is 5.00 Å². The first kappa shape index (κ1) is 12.7. The number of nitrogens with zero attached hydrogens (tertiary/aromatic N) is 2. The average molecular weight is 294 g/mol. The summed E-state index contributed by atoms with van der Waals surface area (Å²) in [5.41, 5.74) is 0.995. The number of carboxylic acids is 1. The normalized spacial score (nSPS) is 19.8. The fourth-order valence-corrected chi connectivity index (χ4v) is 4.40. The lowest BCUT2D eigenvalue weighted by Gasteiger charge is -2.35. The zero-order valence-corrected chi connectivity index (χ0v) is 11.9. The van der Waals surface area contributed by atoms with E-state index in [0.717, 1.165) is 34.0 Å². The Morgan fingerprint density at radius 2 is 2.32 bits per heavy atom. The van der Waals surface area contributed by atoms with Crippen molar-refractivity contribution in [3.63, 3.8) is 0 Å². The van der Waals surface area contributed by atoms with Crippen LogP contribution in [-0.4, -0.2) is 39.5 Å². The lowest BCUT2D eigenvalue weighted by atomic mass is 10.2. The molecular formula is C13H14N2O2S2. The van der Waals surface area contributed by atoms with Gasteiger partial charge in [-0.1, -0.05) is 12.1 Å². The van der Waals surface area contributed by atoms with Crippen molar-refractivity contribution in [2.24, 2.45) is 0 Å². The molecule has 1 aromatic heterocycles. The molecule has 0 spiro atoms. The number of hydrogen-bond acceptors (Lipinski definition) is 5. The summed E-state index contributed by atoms with van der Waals surface area (Å²) in [4.78, 5) is 13.2. The molecule has 4 nitrogen and oxygen atoms in total. The summed E-state index contributed by atoms with van der Waals surface area (Å²) in [7, 11) is 0. The third kappa shape index (κ3) is 2.55. The van der Waals surface area contributed by atoms with Gasteiger partial charge in [-0.25, -0.2) is 0 Å². The Labute approximate surface area is 119 Å². The highest BCUT2D eigenvalue weighted by Gasteiger charge is 2.27. The van der Waals surface area contributed by atoms with E-state index in [1.165, 1.54) is 11.5 Å². The molecule has 1 N–H and O–H groups in total. The van der Waals surface area contributed by atoms with E-state index >= 15 is 0 Å². The maximum atomic E-state index is 11.0. The summed E-state index contributed by atoms with van der Waals surface area (Å²) in [6, 6.07) is 8.12. The molecule has 1 aromatic carbocycles. The third-order valence-electron chi connectivity index (χ3n) is 3.26. The van der Waals surface area contributed by atoms with E-state index in [9.17, 15) is 4.79 Å². The molecule has 1 unspecified atom stereocenters. The second kappa shape index (κ2) is 5.38. The molecule has 1 aliphatic rings. The Kier molecular flexibility index (Phi) is 3.61. The van der Waals surface area contributed by atoms with E-state index in [1.807, 2.05) is 30.0 Å². The lowest BCUT2D eigenvalue weighted by molar-refractivity contribution is -0.137. The van der Waals surface area contributed by atoms with Crippen LogP contribution in [-0.2, 0) is 4.79 Å². The number of aliphatic carboxylic acids is 1. The predicted octanol–water partition coefficient (Wildman–Crippen LogP) is 2.69. The van der Waals surface area contributed by atoms with Crippen molar-refractivity contribution in [1.29, 1.82) is 0 Å². The molecular weight excluding hydrogens is 280 g/mol. The molecule has 1 saturated heterocycles. The first-order valence-corrected chi connectivity index (χ1v) is 8.09. The molecule has 0 saturated carbocycles. The highest BCUT2D eigenvalue weighted by Crippen LogP contribution is 2.35.